The van der Waals surface area contributed by atoms with E-state index < -0.39 is 0 Å². The molecule has 0 amide bonds. The van der Waals surface area contributed by atoms with Gasteiger partial charge in [-0.15, -0.1) is 6.42 Å². The molecule has 1 heteroatoms. The smallest absolute Gasteiger partial charge is 0.113 e. The van der Waals surface area contributed by atoms with Gasteiger partial charge in [0.05, 0.1) is 0 Å². The highest BCUT2D eigenvalue weighted by Crippen LogP contribution is 2.08. The number of hydrogen-bond donors (Lipinski definition) is 0. The summed E-state index contributed by atoms with van der Waals surface area (Å²) in [6.45, 7) is 4.28. The van der Waals surface area contributed by atoms with Crippen LogP contribution in [0.25, 0.3) is 0 Å². The van der Waals surface area contributed by atoms with Crippen LogP contribution in [-0.2, 0) is 12.8 Å². The third-order valence-electron chi connectivity index (χ3n) is 2.00. The Bertz CT molecular complexity index is 320. The van der Waals surface area contributed by atoms with Gasteiger partial charge in [-0.1, -0.05) is 26.2 Å². The Morgan fingerprint density at radius 2 is 2.15 bits per heavy atom. The molecule has 0 aliphatic heterocycles. The predicted octanol–water partition coefficient (Wildman–Crippen LogP) is 2.58. The summed E-state index contributed by atoms with van der Waals surface area (Å²) in [5, 5.41) is 0. The van der Waals surface area contributed by atoms with Crippen LogP contribution in [0.3, 0.4) is 0 Å². The van der Waals surface area contributed by atoms with E-state index in [0.29, 0.717) is 0 Å². The van der Waals surface area contributed by atoms with Crippen LogP contribution >= 0.6 is 0 Å². The van der Waals surface area contributed by atoms with Crippen LogP contribution in [0.1, 0.15) is 37.2 Å². The van der Waals surface area contributed by atoms with Crippen molar-refractivity contribution < 1.29 is 0 Å². The molecular weight excluding hydrogens is 158 g/mol. The van der Waals surface area contributed by atoms with E-state index >= 15 is 0 Å². The first-order valence-corrected chi connectivity index (χ1v) is 4.76. The second-order valence-corrected chi connectivity index (χ2v) is 3.10. The Labute approximate surface area is 80.2 Å². The molecule has 0 unspecified atom stereocenters. The number of aryl methyl sites for hydroxylation is 2. The monoisotopic (exact) mass is 173 g/mol. The first-order valence-electron chi connectivity index (χ1n) is 4.76. The van der Waals surface area contributed by atoms with Crippen molar-refractivity contribution in [3.8, 4) is 12.3 Å². The van der Waals surface area contributed by atoms with E-state index in [2.05, 4.69) is 30.8 Å². The van der Waals surface area contributed by atoms with Crippen molar-refractivity contribution in [3.63, 3.8) is 0 Å². The van der Waals surface area contributed by atoms with Crippen molar-refractivity contribution in [1.29, 1.82) is 0 Å². The molecule has 0 spiro atoms. The highest BCUT2D eigenvalue weighted by atomic mass is 14.7. The standard InChI is InChI=1S/C12H15N/c1-4-7-12-9-10(5-2)8-11(6-3)13-12/h3,8-9H,4-5,7H2,1-2H3. The largest absolute Gasteiger partial charge is 0.244 e. The number of nitrogens with zero attached hydrogens (tertiary/aromatic N) is 1. The molecule has 0 fully saturated rings. The highest BCUT2D eigenvalue weighted by molar-refractivity contribution is 5.31. The summed E-state index contributed by atoms with van der Waals surface area (Å²) in [6.07, 6.45) is 8.48. The molecule has 0 aromatic carbocycles. The maximum Gasteiger partial charge on any atom is 0.113 e. The lowest BCUT2D eigenvalue weighted by Gasteiger charge is -2.02. The van der Waals surface area contributed by atoms with Crippen LogP contribution < -0.4 is 0 Å². The molecule has 0 aliphatic rings. The van der Waals surface area contributed by atoms with Crippen LogP contribution in [0.2, 0.25) is 0 Å². The van der Waals surface area contributed by atoms with E-state index in [1.807, 2.05) is 6.07 Å². The van der Waals surface area contributed by atoms with Crippen LogP contribution in [-0.4, -0.2) is 4.98 Å². The minimum atomic E-state index is 0.766. The van der Waals surface area contributed by atoms with Crippen LogP contribution in [0.4, 0.5) is 0 Å². The summed E-state index contributed by atoms with van der Waals surface area (Å²) in [5.41, 5.74) is 3.17. The van der Waals surface area contributed by atoms with Gasteiger partial charge in [-0.25, -0.2) is 4.98 Å². The second kappa shape index (κ2) is 4.67. The lowest BCUT2D eigenvalue weighted by molar-refractivity contribution is 0.873. The first-order chi connectivity index (χ1) is 6.30. The molecule has 0 radical (unpaired) electrons. The third-order valence-corrected chi connectivity index (χ3v) is 2.00. The van der Waals surface area contributed by atoms with Crippen molar-refractivity contribution in [2.24, 2.45) is 0 Å². The molecular formula is C12H15N. The second-order valence-electron chi connectivity index (χ2n) is 3.10. The summed E-state index contributed by atoms with van der Waals surface area (Å²) >= 11 is 0. The number of hydrogen-bond acceptors (Lipinski definition) is 1. The summed E-state index contributed by atoms with van der Waals surface area (Å²) in [6, 6.07) is 4.13. The van der Waals surface area contributed by atoms with Gasteiger partial charge in [-0.2, -0.15) is 0 Å². The normalized spacial score (nSPS) is 9.62. The van der Waals surface area contributed by atoms with Gasteiger partial charge < -0.3 is 0 Å². The minimum absolute atomic E-state index is 0.766. The SMILES string of the molecule is C#Cc1cc(CC)cc(CCC)n1. The number of terminal acetylenes is 1. The Morgan fingerprint density at radius 3 is 2.69 bits per heavy atom. The fraction of sp³-hybridized carbons (Fsp3) is 0.417. The van der Waals surface area contributed by atoms with Gasteiger partial charge in [0.1, 0.15) is 5.69 Å². The molecule has 1 aromatic rings. The van der Waals surface area contributed by atoms with E-state index in [0.717, 1.165) is 30.7 Å². The van der Waals surface area contributed by atoms with Gasteiger partial charge in [0.25, 0.3) is 0 Å². The zero-order valence-electron chi connectivity index (χ0n) is 8.30. The number of rotatable bonds is 3. The van der Waals surface area contributed by atoms with E-state index in [9.17, 15) is 0 Å². The van der Waals surface area contributed by atoms with E-state index in [1.165, 1.54) is 5.56 Å². The maximum absolute atomic E-state index is 5.33. The van der Waals surface area contributed by atoms with Gasteiger partial charge in [0.2, 0.25) is 0 Å². The quantitative estimate of drug-likeness (QED) is 0.640. The van der Waals surface area contributed by atoms with Gasteiger partial charge in [-0.3, -0.25) is 0 Å². The van der Waals surface area contributed by atoms with E-state index in [1.54, 1.807) is 0 Å². The number of aromatic nitrogens is 1. The van der Waals surface area contributed by atoms with E-state index in [-0.39, 0.29) is 0 Å². The summed E-state index contributed by atoms with van der Waals surface area (Å²) in [4.78, 5) is 4.35. The van der Waals surface area contributed by atoms with Gasteiger partial charge in [0, 0.05) is 5.69 Å². The van der Waals surface area contributed by atoms with E-state index in [4.69, 9.17) is 6.42 Å². The Kier molecular flexibility index (Phi) is 3.52. The lowest BCUT2D eigenvalue weighted by Crippen LogP contribution is -1.95. The maximum atomic E-state index is 5.33. The average molecular weight is 173 g/mol. The average Bonchev–Trinajstić information content (AvgIpc) is 2.17. The summed E-state index contributed by atoms with van der Waals surface area (Å²) in [7, 11) is 0. The Hall–Kier alpha value is -1.29. The predicted molar refractivity (Wildman–Crippen MR) is 55.5 cm³/mol. The van der Waals surface area contributed by atoms with Crippen molar-refractivity contribution in [2.45, 2.75) is 33.1 Å². The molecule has 0 bridgehead atoms. The zero-order valence-corrected chi connectivity index (χ0v) is 8.30. The first kappa shape index (κ1) is 9.80. The third kappa shape index (κ3) is 2.59. The fourth-order valence-electron chi connectivity index (χ4n) is 1.31. The van der Waals surface area contributed by atoms with Gasteiger partial charge >= 0.3 is 0 Å². The van der Waals surface area contributed by atoms with Crippen molar-refractivity contribution >= 4 is 0 Å². The fourth-order valence-corrected chi connectivity index (χ4v) is 1.31. The van der Waals surface area contributed by atoms with Gasteiger partial charge in [0.15, 0.2) is 0 Å². The molecule has 1 rings (SSSR count). The van der Waals surface area contributed by atoms with Crippen molar-refractivity contribution in [2.75, 3.05) is 0 Å². The van der Waals surface area contributed by atoms with Crippen LogP contribution in [0.5, 0.6) is 0 Å². The lowest BCUT2D eigenvalue weighted by atomic mass is 10.1. The zero-order chi connectivity index (χ0) is 9.68. The Morgan fingerprint density at radius 1 is 1.38 bits per heavy atom. The minimum Gasteiger partial charge on any atom is -0.244 e. The summed E-state index contributed by atoms with van der Waals surface area (Å²) < 4.78 is 0. The molecule has 13 heavy (non-hydrogen) atoms. The molecule has 0 saturated carbocycles. The van der Waals surface area contributed by atoms with Crippen molar-refractivity contribution in [3.05, 3.63) is 29.1 Å². The topological polar surface area (TPSA) is 12.9 Å². The molecule has 0 aliphatic carbocycles. The highest BCUT2D eigenvalue weighted by Gasteiger charge is 1.98. The molecule has 0 saturated heterocycles. The van der Waals surface area contributed by atoms with Crippen molar-refractivity contribution in [1.82, 2.24) is 4.98 Å². The number of pyridine rings is 1. The molecule has 1 nitrogen and oxygen atoms in total. The molecule has 1 heterocycles. The molecule has 1 aromatic heterocycles. The van der Waals surface area contributed by atoms with Gasteiger partial charge in [-0.05, 0) is 30.5 Å². The van der Waals surface area contributed by atoms with Crippen LogP contribution in [0.15, 0.2) is 12.1 Å². The molecule has 68 valence electrons. The Balaban J connectivity index is 3.01. The molecule has 0 N–H and O–H groups in total. The summed E-state index contributed by atoms with van der Waals surface area (Å²) in [5.74, 6) is 2.59. The molecule has 0 atom stereocenters. The van der Waals surface area contributed by atoms with Crippen LogP contribution in [0, 0.1) is 12.3 Å².